The SMILES string of the molecule is Cc1ccccc1C(C(C)N)N(CCN(C)C)CC(C)C. The van der Waals surface area contributed by atoms with E-state index >= 15 is 0 Å². The third-order valence-electron chi connectivity index (χ3n) is 3.83. The number of hydrogen-bond acceptors (Lipinski definition) is 3. The number of rotatable bonds is 8. The Balaban J connectivity index is 3.04. The second-order valence-corrected chi connectivity index (χ2v) is 6.85. The minimum Gasteiger partial charge on any atom is -0.326 e. The van der Waals surface area contributed by atoms with Crippen molar-refractivity contribution in [2.45, 2.75) is 39.8 Å². The normalized spacial score (nSPS) is 15.0. The Hall–Kier alpha value is -0.900. The van der Waals surface area contributed by atoms with Gasteiger partial charge >= 0.3 is 0 Å². The van der Waals surface area contributed by atoms with Gasteiger partial charge in [0.15, 0.2) is 0 Å². The number of nitrogens with zero attached hydrogens (tertiary/aromatic N) is 2. The Labute approximate surface area is 131 Å². The number of aryl methyl sites for hydroxylation is 1. The molecular weight excluding hydrogens is 258 g/mol. The van der Waals surface area contributed by atoms with E-state index in [4.69, 9.17) is 5.73 Å². The maximum absolute atomic E-state index is 6.37. The molecular formula is C18H33N3. The Kier molecular flexibility index (Phi) is 7.36. The molecule has 0 saturated heterocycles. The highest BCUT2D eigenvalue weighted by Gasteiger charge is 2.25. The first-order valence-electron chi connectivity index (χ1n) is 8.02. The highest BCUT2D eigenvalue weighted by Crippen LogP contribution is 2.27. The molecule has 0 amide bonds. The Morgan fingerprint density at radius 3 is 2.14 bits per heavy atom. The van der Waals surface area contributed by atoms with Crippen molar-refractivity contribution in [1.82, 2.24) is 9.80 Å². The first kappa shape index (κ1) is 18.1. The largest absolute Gasteiger partial charge is 0.326 e. The van der Waals surface area contributed by atoms with Gasteiger partial charge in [0.2, 0.25) is 0 Å². The molecule has 1 rings (SSSR count). The van der Waals surface area contributed by atoms with Crippen LogP contribution < -0.4 is 5.73 Å². The van der Waals surface area contributed by atoms with Crippen molar-refractivity contribution in [3.05, 3.63) is 35.4 Å². The fourth-order valence-corrected chi connectivity index (χ4v) is 2.87. The van der Waals surface area contributed by atoms with Crippen LogP contribution in [-0.4, -0.2) is 49.6 Å². The lowest BCUT2D eigenvalue weighted by Gasteiger charge is -2.37. The second kappa shape index (κ2) is 8.52. The summed E-state index contributed by atoms with van der Waals surface area (Å²) in [4.78, 5) is 4.79. The lowest BCUT2D eigenvalue weighted by molar-refractivity contribution is 0.144. The lowest BCUT2D eigenvalue weighted by atomic mass is 9.94. The molecule has 0 spiro atoms. The molecule has 0 fully saturated rings. The van der Waals surface area contributed by atoms with E-state index in [-0.39, 0.29) is 12.1 Å². The van der Waals surface area contributed by atoms with Gasteiger partial charge in [-0.2, -0.15) is 0 Å². The van der Waals surface area contributed by atoms with Crippen molar-refractivity contribution in [1.29, 1.82) is 0 Å². The third-order valence-corrected chi connectivity index (χ3v) is 3.83. The zero-order valence-corrected chi connectivity index (χ0v) is 14.6. The molecule has 120 valence electrons. The van der Waals surface area contributed by atoms with Crippen LogP contribution in [0.2, 0.25) is 0 Å². The summed E-state index contributed by atoms with van der Waals surface area (Å²) in [6.07, 6.45) is 0. The maximum Gasteiger partial charge on any atom is 0.0499 e. The van der Waals surface area contributed by atoms with Gasteiger partial charge in [0.25, 0.3) is 0 Å². The molecule has 0 aromatic heterocycles. The fourth-order valence-electron chi connectivity index (χ4n) is 2.87. The Morgan fingerprint density at radius 2 is 1.67 bits per heavy atom. The molecule has 2 N–H and O–H groups in total. The van der Waals surface area contributed by atoms with Crippen LogP contribution in [-0.2, 0) is 0 Å². The summed E-state index contributed by atoms with van der Waals surface area (Å²) >= 11 is 0. The minimum absolute atomic E-state index is 0.118. The zero-order valence-electron chi connectivity index (χ0n) is 14.6. The predicted molar refractivity (Wildman–Crippen MR) is 92.5 cm³/mol. The van der Waals surface area contributed by atoms with Crippen LogP contribution in [0.1, 0.15) is 37.9 Å². The van der Waals surface area contributed by atoms with Crippen molar-refractivity contribution >= 4 is 0 Å². The molecule has 3 heteroatoms. The highest BCUT2D eigenvalue weighted by molar-refractivity contribution is 5.29. The first-order valence-corrected chi connectivity index (χ1v) is 8.02. The molecule has 3 nitrogen and oxygen atoms in total. The molecule has 0 saturated carbocycles. The molecule has 1 aromatic rings. The minimum atomic E-state index is 0.118. The summed E-state index contributed by atoms with van der Waals surface area (Å²) < 4.78 is 0. The molecule has 2 atom stereocenters. The summed E-state index contributed by atoms with van der Waals surface area (Å²) in [5.74, 6) is 0.637. The van der Waals surface area contributed by atoms with Crippen LogP contribution in [0.25, 0.3) is 0 Å². The van der Waals surface area contributed by atoms with E-state index < -0.39 is 0 Å². The van der Waals surface area contributed by atoms with Gasteiger partial charge in [-0.05, 0) is 45.0 Å². The molecule has 0 aliphatic rings. The van der Waals surface area contributed by atoms with Gasteiger partial charge in [-0.3, -0.25) is 4.90 Å². The lowest BCUT2D eigenvalue weighted by Crippen LogP contribution is -2.44. The molecule has 1 aromatic carbocycles. The van der Waals surface area contributed by atoms with Gasteiger partial charge in [-0.15, -0.1) is 0 Å². The maximum atomic E-state index is 6.37. The molecule has 2 unspecified atom stereocenters. The van der Waals surface area contributed by atoms with Crippen molar-refractivity contribution in [2.75, 3.05) is 33.7 Å². The van der Waals surface area contributed by atoms with Crippen LogP contribution in [0.5, 0.6) is 0 Å². The Morgan fingerprint density at radius 1 is 1.05 bits per heavy atom. The number of likely N-dealkylation sites (N-methyl/N-ethyl adjacent to an activating group) is 1. The standard InChI is InChI=1S/C18H33N3/c1-14(2)13-21(12-11-20(5)6)18(16(4)19)17-10-8-7-9-15(17)3/h7-10,14,16,18H,11-13,19H2,1-6H3. The number of nitrogens with two attached hydrogens (primary N) is 1. The topological polar surface area (TPSA) is 32.5 Å². The molecule has 0 heterocycles. The molecule has 0 radical (unpaired) electrons. The second-order valence-electron chi connectivity index (χ2n) is 6.85. The molecule has 0 aliphatic carbocycles. The van der Waals surface area contributed by atoms with Crippen LogP contribution in [0.15, 0.2) is 24.3 Å². The van der Waals surface area contributed by atoms with Crippen molar-refractivity contribution < 1.29 is 0 Å². The summed E-state index contributed by atoms with van der Waals surface area (Å²) in [6, 6.07) is 9.04. The summed E-state index contributed by atoms with van der Waals surface area (Å²) in [6.45, 7) is 12.0. The van der Waals surface area contributed by atoms with E-state index in [9.17, 15) is 0 Å². The smallest absolute Gasteiger partial charge is 0.0499 e. The average Bonchev–Trinajstić information content (AvgIpc) is 2.37. The van der Waals surface area contributed by atoms with E-state index in [1.165, 1.54) is 11.1 Å². The van der Waals surface area contributed by atoms with Crippen molar-refractivity contribution in [3.63, 3.8) is 0 Å². The van der Waals surface area contributed by atoms with E-state index in [1.807, 2.05) is 0 Å². The van der Waals surface area contributed by atoms with Gasteiger partial charge in [0, 0.05) is 31.7 Å². The van der Waals surface area contributed by atoms with Gasteiger partial charge in [-0.25, -0.2) is 0 Å². The van der Waals surface area contributed by atoms with Crippen molar-refractivity contribution in [3.8, 4) is 0 Å². The monoisotopic (exact) mass is 291 g/mol. The zero-order chi connectivity index (χ0) is 16.0. The molecule has 0 aliphatic heterocycles. The van der Waals surface area contributed by atoms with Crippen LogP contribution >= 0.6 is 0 Å². The van der Waals surface area contributed by atoms with Crippen LogP contribution in [0.3, 0.4) is 0 Å². The van der Waals surface area contributed by atoms with E-state index in [0.717, 1.165) is 19.6 Å². The molecule has 21 heavy (non-hydrogen) atoms. The number of hydrogen-bond donors (Lipinski definition) is 1. The predicted octanol–water partition coefficient (Wildman–Crippen LogP) is 2.90. The van der Waals surface area contributed by atoms with Crippen molar-refractivity contribution in [2.24, 2.45) is 11.7 Å². The molecule has 0 bridgehead atoms. The number of benzene rings is 1. The average molecular weight is 291 g/mol. The summed E-state index contributed by atoms with van der Waals surface area (Å²) in [7, 11) is 4.25. The first-order chi connectivity index (χ1) is 9.82. The van der Waals surface area contributed by atoms with Gasteiger partial charge in [0.05, 0.1) is 0 Å². The summed E-state index contributed by atoms with van der Waals surface area (Å²) in [5, 5.41) is 0. The Bertz CT molecular complexity index is 413. The van der Waals surface area contributed by atoms with Crippen LogP contribution in [0, 0.1) is 12.8 Å². The van der Waals surface area contributed by atoms with Gasteiger partial charge < -0.3 is 10.6 Å². The highest BCUT2D eigenvalue weighted by atomic mass is 15.2. The van der Waals surface area contributed by atoms with Gasteiger partial charge in [-0.1, -0.05) is 38.1 Å². The summed E-state index contributed by atoms with van der Waals surface area (Å²) in [5.41, 5.74) is 9.06. The van der Waals surface area contributed by atoms with Gasteiger partial charge in [0.1, 0.15) is 0 Å². The van der Waals surface area contributed by atoms with E-state index in [1.54, 1.807) is 0 Å². The van der Waals surface area contributed by atoms with Crippen LogP contribution in [0.4, 0.5) is 0 Å². The van der Waals surface area contributed by atoms with E-state index in [2.05, 4.69) is 75.9 Å². The third kappa shape index (κ3) is 5.77. The van der Waals surface area contributed by atoms with E-state index in [0.29, 0.717) is 5.92 Å². The fraction of sp³-hybridized carbons (Fsp3) is 0.667. The quantitative estimate of drug-likeness (QED) is 0.799.